The molecule has 1 saturated heterocycles. The Labute approximate surface area is 163 Å². The first kappa shape index (κ1) is 19.7. The Hall–Kier alpha value is -2.10. The fraction of sp³-hybridized carbons (Fsp3) is 0.412. The lowest BCUT2D eigenvalue weighted by Gasteiger charge is -2.31. The van der Waals surface area contributed by atoms with Crippen molar-refractivity contribution in [2.24, 2.45) is 0 Å². The zero-order chi connectivity index (χ0) is 19.4. The van der Waals surface area contributed by atoms with Crippen molar-refractivity contribution in [1.29, 1.82) is 0 Å². The maximum absolute atomic E-state index is 13.1. The van der Waals surface area contributed by atoms with Crippen molar-refractivity contribution in [3.8, 4) is 17.5 Å². The van der Waals surface area contributed by atoms with Crippen LogP contribution in [0.15, 0.2) is 35.5 Å². The lowest BCUT2D eigenvalue weighted by atomic mass is 10.1. The second kappa shape index (κ2) is 8.28. The Bertz CT molecular complexity index is 892. The molecule has 3 rings (SSSR count). The lowest BCUT2D eigenvalue weighted by molar-refractivity contribution is 0.119. The summed E-state index contributed by atoms with van der Waals surface area (Å²) in [5.41, 5.74) is 0. The van der Waals surface area contributed by atoms with Crippen LogP contribution in [0.4, 0.5) is 0 Å². The van der Waals surface area contributed by atoms with Crippen LogP contribution in [0.5, 0.6) is 17.5 Å². The van der Waals surface area contributed by atoms with E-state index in [-0.39, 0.29) is 29.3 Å². The molecule has 8 nitrogen and oxygen atoms in total. The molecule has 1 atom stereocenters. The zero-order valence-corrected chi connectivity index (χ0v) is 16.5. The lowest BCUT2D eigenvalue weighted by Crippen LogP contribution is -2.44. The van der Waals surface area contributed by atoms with Gasteiger partial charge in [-0.25, -0.2) is 18.4 Å². The summed E-state index contributed by atoms with van der Waals surface area (Å²) in [6.07, 6.45) is 3.89. The number of aromatic nitrogens is 2. The van der Waals surface area contributed by atoms with Crippen LogP contribution in [0.2, 0.25) is 5.02 Å². The normalized spacial score (nSPS) is 18.1. The fourth-order valence-electron chi connectivity index (χ4n) is 2.86. The highest BCUT2D eigenvalue weighted by Gasteiger charge is 2.33. The first-order valence-corrected chi connectivity index (χ1v) is 10.1. The van der Waals surface area contributed by atoms with Crippen molar-refractivity contribution >= 4 is 21.6 Å². The van der Waals surface area contributed by atoms with Gasteiger partial charge in [-0.1, -0.05) is 11.6 Å². The van der Waals surface area contributed by atoms with Gasteiger partial charge in [0.2, 0.25) is 10.0 Å². The van der Waals surface area contributed by atoms with Crippen LogP contribution in [-0.2, 0) is 10.0 Å². The molecule has 0 N–H and O–H groups in total. The largest absolute Gasteiger partial charge is 0.497 e. The summed E-state index contributed by atoms with van der Waals surface area (Å²) < 4.78 is 43.7. The minimum atomic E-state index is -3.75. The molecule has 2 aromatic rings. The summed E-state index contributed by atoms with van der Waals surface area (Å²) in [7, 11) is -0.818. The molecule has 27 heavy (non-hydrogen) atoms. The summed E-state index contributed by atoms with van der Waals surface area (Å²) >= 11 is 5.77. The second-order valence-corrected chi connectivity index (χ2v) is 8.29. The monoisotopic (exact) mass is 413 g/mol. The number of benzene rings is 1. The van der Waals surface area contributed by atoms with Crippen LogP contribution in [-0.4, -0.2) is 56.1 Å². The van der Waals surface area contributed by atoms with E-state index in [1.54, 1.807) is 12.1 Å². The molecule has 0 spiro atoms. The molecular formula is C17H20ClN3O5S. The molecule has 1 fully saturated rings. The van der Waals surface area contributed by atoms with Gasteiger partial charge in [0.1, 0.15) is 22.5 Å². The number of sulfonamides is 1. The van der Waals surface area contributed by atoms with Crippen molar-refractivity contribution in [1.82, 2.24) is 14.3 Å². The molecule has 1 aliphatic rings. The van der Waals surface area contributed by atoms with Gasteiger partial charge in [-0.3, -0.25) is 0 Å². The maximum atomic E-state index is 13.1. The molecule has 0 aliphatic carbocycles. The van der Waals surface area contributed by atoms with Gasteiger partial charge in [0.05, 0.1) is 38.2 Å². The van der Waals surface area contributed by atoms with Gasteiger partial charge in [0.25, 0.3) is 0 Å². The van der Waals surface area contributed by atoms with Gasteiger partial charge < -0.3 is 14.2 Å². The van der Waals surface area contributed by atoms with Crippen LogP contribution in [0.25, 0.3) is 0 Å². The topological polar surface area (TPSA) is 90.9 Å². The van der Waals surface area contributed by atoms with Crippen LogP contribution in [0.3, 0.4) is 0 Å². The van der Waals surface area contributed by atoms with E-state index in [1.165, 1.54) is 37.0 Å². The van der Waals surface area contributed by atoms with Gasteiger partial charge in [0.15, 0.2) is 0 Å². The molecule has 1 aliphatic heterocycles. The summed E-state index contributed by atoms with van der Waals surface area (Å²) in [5.74, 6) is 0.754. The Balaban J connectivity index is 1.79. The van der Waals surface area contributed by atoms with Crippen LogP contribution >= 0.6 is 11.6 Å². The molecule has 146 valence electrons. The predicted molar refractivity (Wildman–Crippen MR) is 99.0 cm³/mol. The van der Waals surface area contributed by atoms with E-state index in [2.05, 4.69) is 9.97 Å². The van der Waals surface area contributed by atoms with Crippen molar-refractivity contribution < 1.29 is 22.6 Å². The maximum Gasteiger partial charge on any atom is 0.316 e. The van der Waals surface area contributed by atoms with Gasteiger partial charge in [-0.2, -0.15) is 4.31 Å². The number of halogens is 1. The number of methoxy groups -OCH3 is 2. The second-order valence-electron chi connectivity index (χ2n) is 5.95. The Morgan fingerprint density at radius 3 is 2.59 bits per heavy atom. The Morgan fingerprint density at radius 1 is 1.19 bits per heavy atom. The number of hydrogen-bond acceptors (Lipinski definition) is 7. The minimum Gasteiger partial charge on any atom is -0.497 e. The van der Waals surface area contributed by atoms with Gasteiger partial charge in [0, 0.05) is 12.6 Å². The van der Waals surface area contributed by atoms with Crippen LogP contribution in [0.1, 0.15) is 12.8 Å². The Morgan fingerprint density at radius 2 is 1.93 bits per heavy atom. The first-order chi connectivity index (χ1) is 12.9. The highest BCUT2D eigenvalue weighted by atomic mass is 35.5. The molecule has 1 aromatic carbocycles. The van der Waals surface area contributed by atoms with E-state index in [0.29, 0.717) is 30.2 Å². The molecule has 1 aromatic heterocycles. The van der Waals surface area contributed by atoms with Crippen molar-refractivity contribution in [3.05, 3.63) is 35.6 Å². The van der Waals surface area contributed by atoms with E-state index in [1.807, 2.05) is 0 Å². The fourth-order valence-corrected chi connectivity index (χ4v) is 4.60. The summed E-state index contributed by atoms with van der Waals surface area (Å²) in [5, 5.41) is 0.404. The van der Waals surface area contributed by atoms with E-state index in [4.69, 9.17) is 25.8 Å². The molecule has 0 saturated carbocycles. The van der Waals surface area contributed by atoms with Gasteiger partial charge >= 0.3 is 6.01 Å². The molecule has 0 bridgehead atoms. The highest BCUT2D eigenvalue weighted by Crippen LogP contribution is 2.32. The third kappa shape index (κ3) is 4.42. The molecule has 0 radical (unpaired) electrons. The van der Waals surface area contributed by atoms with E-state index in [9.17, 15) is 8.42 Å². The molecule has 0 amide bonds. The third-order valence-electron chi connectivity index (χ3n) is 4.20. The van der Waals surface area contributed by atoms with Crippen molar-refractivity contribution in [3.63, 3.8) is 0 Å². The van der Waals surface area contributed by atoms with E-state index < -0.39 is 10.0 Å². The summed E-state index contributed by atoms with van der Waals surface area (Å²) in [4.78, 5) is 8.09. The van der Waals surface area contributed by atoms with Crippen LogP contribution in [0, 0.1) is 0 Å². The first-order valence-electron chi connectivity index (χ1n) is 8.30. The minimum absolute atomic E-state index is 0.0918. The Kier molecular flexibility index (Phi) is 6.03. The van der Waals surface area contributed by atoms with Crippen molar-refractivity contribution in [2.45, 2.75) is 23.8 Å². The number of piperidine rings is 1. The average molecular weight is 414 g/mol. The summed E-state index contributed by atoms with van der Waals surface area (Å²) in [6.45, 7) is 0.600. The number of hydrogen-bond donors (Lipinski definition) is 0. The zero-order valence-electron chi connectivity index (χ0n) is 15.0. The number of nitrogens with zero attached hydrogens (tertiary/aromatic N) is 3. The number of rotatable bonds is 6. The average Bonchev–Trinajstić information content (AvgIpc) is 2.69. The third-order valence-corrected chi connectivity index (χ3v) is 6.30. The highest BCUT2D eigenvalue weighted by molar-refractivity contribution is 7.89. The summed E-state index contributed by atoms with van der Waals surface area (Å²) in [6, 6.07) is 4.80. The standard InChI is InChI=1S/C17H20ClN3O5S/c1-24-13-5-6-16(15(8-13)25-2)27(22,23)21-7-3-4-14(11-21)26-17-19-9-12(18)10-20-17/h5-6,8-10,14H,3-4,7,11H2,1-2H3. The van der Waals surface area contributed by atoms with Gasteiger partial charge in [-0.05, 0) is 25.0 Å². The van der Waals surface area contributed by atoms with Crippen LogP contribution < -0.4 is 14.2 Å². The van der Waals surface area contributed by atoms with Gasteiger partial charge in [-0.15, -0.1) is 0 Å². The quantitative estimate of drug-likeness (QED) is 0.717. The molecule has 2 heterocycles. The smallest absolute Gasteiger partial charge is 0.316 e. The molecule has 10 heteroatoms. The molecular weight excluding hydrogens is 394 g/mol. The predicted octanol–water partition coefficient (Wildman–Crippen LogP) is 2.38. The number of ether oxygens (including phenoxy) is 3. The van der Waals surface area contributed by atoms with Crippen molar-refractivity contribution in [2.75, 3.05) is 27.3 Å². The van der Waals surface area contributed by atoms with E-state index >= 15 is 0 Å². The SMILES string of the molecule is COc1ccc(S(=O)(=O)N2CCCC(Oc3ncc(Cl)cn3)C2)c(OC)c1. The molecule has 1 unspecified atom stereocenters. The van der Waals surface area contributed by atoms with E-state index in [0.717, 1.165) is 0 Å².